The Morgan fingerprint density at radius 3 is 2.79 bits per heavy atom. The maximum atomic E-state index is 9.48. The van der Waals surface area contributed by atoms with Crippen molar-refractivity contribution in [2.75, 3.05) is 5.43 Å². The molecular weight excluding hydrogens is 386 g/mol. The fraction of sp³-hybridized carbons (Fsp3) is 0.111. The van der Waals surface area contributed by atoms with E-state index in [1.54, 1.807) is 24.4 Å². The molecule has 1 aromatic heterocycles. The van der Waals surface area contributed by atoms with E-state index in [9.17, 15) is 5.11 Å². The Bertz CT molecular complexity index is 905. The standard InChI is InChI=1S/C18H16BrN3OS/c1-11-3-5-14(12(2)7-11)16-10-24-18(21-16)22-20-9-13-4-6-17(23)15(19)8-13/h3-10,23H,1-2H3,(H,21,22)/b20-9-. The number of hydrazone groups is 1. The Hall–Kier alpha value is -2.18. The van der Waals surface area contributed by atoms with Gasteiger partial charge in [-0.15, -0.1) is 11.3 Å². The summed E-state index contributed by atoms with van der Waals surface area (Å²) in [5.41, 5.74) is 8.36. The number of benzene rings is 2. The van der Waals surface area contributed by atoms with Crippen LogP contribution in [-0.2, 0) is 0 Å². The van der Waals surface area contributed by atoms with E-state index in [0.717, 1.165) is 22.0 Å². The lowest BCUT2D eigenvalue weighted by Crippen LogP contribution is -1.91. The third-order valence-electron chi connectivity index (χ3n) is 3.51. The number of aryl methyl sites for hydroxylation is 2. The number of hydrogen-bond acceptors (Lipinski definition) is 5. The zero-order valence-corrected chi connectivity index (χ0v) is 15.6. The Kier molecular flexibility index (Phi) is 4.97. The van der Waals surface area contributed by atoms with Crippen molar-refractivity contribution in [3.8, 4) is 17.0 Å². The second-order valence-corrected chi connectivity index (χ2v) is 7.15. The van der Waals surface area contributed by atoms with Gasteiger partial charge in [0.1, 0.15) is 5.75 Å². The van der Waals surface area contributed by atoms with E-state index >= 15 is 0 Å². The van der Waals surface area contributed by atoms with Crippen LogP contribution in [0, 0.1) is 13.8 Å². The Balaban J connectivity index is 1.72. The number of nitrogens with zero attached hydrogens (tertiary/aromatic N) is 2. The number of phenolic OH excluding ortho intramolecular Hbond substituents is 1. The summed E-state index contributed by atoms with van der Waals surface area (Å²) < 4.78 is 0.637. The summed E-state index contributed by atoms with van der Waals surface area (Å²) in [7, 11) is 0. The Morgan fingerprint density at radius 2 is 2.04 bits per heavy atom. The van der Waals surface area contributed by atoms with Crippen LogP contribution < -0.4 is 5.43 Å². The van der Waals surface area contributed by atoms with E-state index in [4.69, 9.17) is 0 Å². The van der Waals surface area contributed by atoms with E-state index < -0.39 is 0 Å². The molecule has 2 aromatic carbocycles. The molecule has 3 rings (SSSR count). The fourth-order valence-electron chi connectivity index (χ4n) is 2.32. The minimum absolute atomic E-state index is 0.207. The highest BCUT2D eigenvalue weighted by molar-refractivity contribution is 9.10. The summed E-state index contributed by atoms with van der Waals surface area (Å²) in [6.07, 6.45) is 1.68. The molecule has 0 saturated heterocycles. The molecule has 1 heterocycles. The molecular formula is C18H16BrN3OS. The van der Waals surface area contributed by atoms with Gasteiger partial charge in [-0.3, -0.25) is 5.43 Å². The number of hydrogen-bond donors (Lipinski definition) is 2. The molecule has 0 spiro atoms. The summed E-state index contributed by atoms with van der Waals surface area (Å²) in [6.45, 7) is 4.18. The number of rotatable bonds is 4. The number of nitrogens with one attached hydrogen (secondary N) is 1. The Labute approximate surface area is 153 Å². The molecule has 122 valence electrons. The lowest BCUT2D eigenvalue weighted by atomic mass is 10.0. The lowest BCUT2D eigenvalue weighted by Gasteiger charge is -2.03. The highest BCUT2D eigenvalue weighted by Crippen LogP contribution is 2.28. The molecule has 3 aromatic rings. The summed E-state index contributed by atoms with van der Waals surface area (Å²) in [6, 6.07) is 11.5. The first-order valence-corrected chi connectivity index (χ1v) is 9.01. The molecule has 0 unspecified atom stereocenters. The van der Waals surface area contributed by atoms with Crippen molar-refractivity contribution >= 4 is 38.6 Å². The van der Waals surface area contributed by atoms with Gasteiger partial charge >= 0.3 is 0 Å². The molecule has 0 aliphatic carbocycles. The normalized spacial score (nSPS) is 11.1. The third-order valence-corrected chi connectivity index (χ3v) is 4.89. The zero-order chi connectivity index (χ0) is 17.1. The van der Waals surface area contributed by atoms with E-state index in [1.807, 2.05) is 5.38 Å². The van der Waals surface area contributed by atoms with Crippen molar-refractivity contribution in [3.63, 3.8) is 0 Å². The van der Waals surface area contributed by atoms with E-state index in [2.05, 4.69) is 63.5 Å². The zero-order valence-electron chi connectivity index (χ0n) is 13.2. The molecule has 0 fully saturated rings. The van der Waals surface area contributed by atoms with Gasteiger partial charge in [0.05, 0.1) is 16.4 Å². The minimum atomic E-state index is 0.207. The average Bonchev–Trinajstić information content (AvgIpc) is 2.99. The molecule has 0 amide bonds. The third kappa shape index (κ3) is 3.83. The quantitative estimate of drug-likeness (QED) is 0.458. The topological polar surface area (TPSA) is 57.5 Å². The first-order chi connectivity index (χ1) is 11.5. The van der Waals surface area contributed by atoms with Crippen LogP contribution in [0.15, 0.2) is 51.4 Å². The van der Waals surface area contributed by atoms with Gasteiger partial charge in [0, 0.05) is 10.9 Å². The minimum Gasteiger partial charge on any atom is -0.507 e. The van der Waals surface area contributed by atoms with Crippen LogP contribution in [0.5, 0.6) is 5.75 Å². The van der Waals surface area contributed by atoms with Gasteiger partial charge < -0.3 is 5.11 Å². The van der Waals surface area contributed by atoms with Crippen LogP contribution in [0.3, 0.4) is 0 Å². The molecule has 24 heavy (non-hydrogen) atoms. The number of aromatic nitrogens is 1. The highest BCUT2D eigenvalue weighted by atomic mass is 79.9. The van der Waals surface area contributed by atoms with Gasteiger partial charge in [-0.2, -0.15) is 5.10 Å². The molecule has 0 saturated carbocycles. The SMILES string of the molecule is Cc1ccc(-c2csc(N/N=C\c3ccc(O)c(Br)c3)n2)c(C)c1. The van der Waals surface area contributed by atoms with Gasteiger partial charge in [-0.1, -0.05) is 23.8 Å². The number of thiazole rings is 1. The van der Waals surface area contributed by atoms with E-state index in [-0.39, 0.29) is 5.75 Å². The first kappa shape index (κ1) is 16.7. The monoisotopic (exact) mass is 401 g/mol. The van der Waals surface area contributed by atoms with Crippen LogP contribution in [0.4, 0.5) is 5.13 Å². The lowest BCUT2D eigenvalue weighted by molar-refractivity contribution is 0.472. The molecule has 4 nitrogen and oxygen atoms in total. The van der Waals surface area contributed by atoms with E-state index in [1.165, 1.54) is 22.5 Å². The predicted molar refractivity (Wildman–Crippen MR) is 104 cm³/mol. The van der Waals surface area contributed by atoms with Crippen molar-refractivity contribution < 1.29 is 5.11 Å². The second kappa shape index (κ2) is 7.15. The number of halogens is 1. The van der Waals surface area contributed by atoms with Gasteiger partial charge in [0.25, 0.3) is 0 Å². The molecule has 0 bridgehead atoms. The van der Waals surface area contributed by atoms with Crippen LogP contribution in [0.1, 0.15) is 16.7 Å². The summed E-state index contributed by atoms with van der Waals surface area (Å²) in [5.74, 6) is 0.207. The van der Waals surface area contributed by atoms with Crippen molar-refractivity contribution in [2.45, 2.75) is 13.8 Å². The van der Waals surface area contributed by atoms with Gasteiger partial charge in [-0.25, -0.2) is 4.98 Å². The number of anilines is 1. The maximum Gasteiger partial charge on any atom is 0.203 e. The first-order valence-electron chi connectivity index (χ1n) is 7.33. The van der Waals surface area contributed by atoms with Crippen molar-refractivity contribution in [3.05, 3.63) is 62.9 Å². The van der Waals surface area contributed by atoms with Crippen molar-refractivity contribution in [1.82, 2.24) is 4.98 Å². The predicted octanol–water partition coefficient (Wildman–Crippen LogP) is 5.34. The molecule has 0 aliphatic heterocycles. The molecule has 6 heteroatoms. The van der Waals surface area contributed by atoms with Crippen LogP contribution in [-0.4, -0.2) is 16.3 Å². The summed E-state index contributed by atoms with van der Waals surface area (Å²) >= 11 is 4.79. The van der Waals surface area contributed by atoms with Crippen molar-refractivity contribution in [2.24, 2.45) is 5.10 Å². The van der Waals surface area contributed by atoms with Gasteiger partial charge in [0.15, 0.2) is 0 Å². The van der Waals surface area contributed by atoms with Crippen LogP contribution in [0.2, 0.25) is 0 Å². The fourth-order valence-corrected chi connectivity index (χ4v) is 3.37. The van der Waals surface area contributed by atoms with Crippen LogP contribution in [0.25, 0.3) is 11.3 Å². The van der Waals surface area contributed by atoms with Crippen molar-refractivity contribution in [1.29, 1.82) is 0 Å². The average molecular weight is 402 g/mol. The highest BCUT2D eigenvalue weighted by Gasteiger charge is 2.07. The van der Waals surface area contributed by atoms with Crippen LogP contribution >= 0.6 is 27.3 Å². The van der Waals surface area contributed by atoms with Gasteiger partial charge in [-0.05, 0) is 59.1 Å². The molecule has 0 aliphatic rings. The number of aromatic hydroxyl groups is 1. The number of phenols is 1. The second-order valence-electron chi connectivity index (χ2n) is 5.44. The molecule has 2 N–H and O–H groups in total. The molecule has 0 radical (unpaired) electrons. The van der Waals surface area contributed by atoms with Gasteiger partial charge in [0.2, 0.25) is 5.13 Å². The summed E-state index contributed by atoms with van der Waals surface area (Å²) in [5, 5.41) is 16.4. The summed E-state index contributed by atoms with van der Waals surface area (Å²) in [4.78, 5) is 4.58. The van der Waals surface area contributed by atoms with E-state index in [0.29, 0.717) is 4.47 Å². The maximum absolute atomic E-state index is 9.48. The smallest absolute Gasteiger partial charge is 0.203 e. The Morgan fingerprint density at radius 1 is 1.21 bits per heavy atom. The largest absolute Gasteiger partial charge is 0.507 e. The molecule has 0 atom stereocenters.